The Kier molecular flexibility index (Phi) is 4.44. The summed E-state index contributed by atoms with van der Waals surface area (Å²) in [4.78, 5) is 8.06. The van der Waals surface area contributed by atoms with Crippen molar-refractivity contribution in [3.05, 3.63) is 22.2 Å². The minimum absolute atomic E-state index is 0.0843. The third kappa shape index (κ3) is 3.31. The lowest BCUT2D eigenvalue weighted by molar-refractivity contribution is 0.560. The van der Waals surface area contributed by atoms with E-state index >= 15 is 0 Å². The third-order valence-corrected chi connectivity index (χ3v) is 6.33. The lowest BCUT2D eigenvalue weighted by Crippen LogP contribution is -2.21. The molecule has 2 rings (SSSR count). The van der Waals surface area contributed by atoms with Crippen LogP contribution in [-0.2, 0) is 5.41 Å². The van der Waals surface area contributed by atoms with E-state index in [0.29, 0.717) is 15.1 Å². The molecular formula is C13H20N2S3. The van der Waals surface area contributed by atoms with Crippen LogP contribution in [0.25, 0.3) is 0 Å². The Labute approximate surface area is 123 Å². The maximum Gasteiger partial charge on any atom is 0.130 e. The van der Waals surface area contributed by atoms with Gasteiger partial charge < -0.3 is 4.98 Å². The number of nitrogens with zero attached hydrogens (tertiary/aromatic N) is 1. The average molecular weight is 301 g/mol. The highest BCUT2D eigenvalue weighted by atomic mass is 32.2. The van der Waals surface area contributed by atoms with Gasteiger partial charge in [0.2, 0.25) is 0 Å². The Balaban J connectivity index is 2.39. The van der Waals surface area contributed by atoms with Crippen molar-refractivity contribution in [3.63, 3.8) is 0 Å². The Bertz CT molecular complexity index is 476. The van der Waals surface area contributed by atoms with Crippen LogP contribution in [0, 0.1) is 4.64 Å². The van der Waals surface area contributed by atoms with Gasteiger partial charge in [0, 0.05) is 27.9 Å². The molecule has 1 aliphatic heterocycles. The van der Waals surface area contributed by atoms with E-state index in [9.17, 15) is 0 Å². The summed E-state index contributed by atoms with van der Waals surface area (Å²) >= 11 is 9.33. The van der Waals surface area contributed by atoms with Crippen LogP contribution in [0.3, 0.4) is 0 Å². The molecule has 18 heavy (non-hydrogen) atoms. The zero-order chi connectivity index (χ0) is 13.3. The summed E-state index contributed by atoms with van der Waals surface area (Å²) in [5, 5.41) is 1.03. The predicted molar refractivity (Wildman–Crippen MR) is 85.2 cm³/mol. The molecule has 1 saturated heterocycles. The molecule has 100 valence electrons. The van der Waals surface area contributed by atoms with Crippen LogP contribution in [-0.4, -0.2) is 26.7 Å². The van der Waals surface area contributed by atoms with Crippen molar-refractivity contribution in [1.82, 2.24) is 9.97 Å². The molecule has 2 atom stereocenters. The normalized spacial score (nSPS) is 25.1. The SMILES string of the molecule is CC1SCCSC1c1nc(=S)cc(C(C)(C)C)[nH]1. The number of thioether (sulfide) groups is 2. The third-order valence-electron chi connectivity index (χ3n) is 3.03. The number of H-pyrrole nitrogens is 1. The van der Waals surface area contributed by atoms with Crippen molar-refractivity contribution in [3.8, 4) is 0 Å². The lowest BCUT2D eigenvalue weighted by Gasteiger charge is -2.28. The molecule has 0 aliphatic carbocycles. The number of hydrogen-bond donors (Lipinski definition) is 1. The lowest BCUT2D eigenvalue weighted by atomic mass is 9.92. The van der Waals surface area contributed by atoms with Gasteiger partial charge in [0.05, 0.1) is 5.25 Å². The Morgan fingerprint density at radius 3 is 2.61 bits per heavy atom. The molecule has 0 amide bonds. The van der Waals surface area contributed by atoms with E-state index in [1.807, 2.05) is 29.6 Å². The van der Waals surface area contributed by atoms with E-state index in [0.717, 1.165) is 5.82 Å². The van der Waals surface area contributed by atoms with Crippen molar-refractivity contribution < 1.29 is 0 Å². The van der Waals surface area contributed by atoms with Crippen molar-refractivity contribution in [1.29, 1.82) is 0 Å². The molecule has 0 radical (unpaired) electrons. The zero-order valence-corrected chi connectivity index (χ0v) is 13.8. The van der Waals surface area contributed by atoms with Gasteiger partial charge in [-0.25, -0.2) is 4.98 Å². The Morgan fingerprint density at radius 1 is 1.33 bits per heavy atom. The van der Waals surface area contributed by atoms with Crippen LogP contribution < -0.4 is 0 Å². The summed E-state index contributed by atoms with van der Waals surface area (Å²) in [6.07, 6.45) is 0. The van der Waals surface area contributed by atoms with Gasteiger partial charge in [-0.2, -0.15) is 11.8 Å². The number of aromatic amines is 1. The van der Waals surface area contributed by atoms with Crippen LogP contribution in [0.4, 0.5) is 0 Å². The molecule has 0 aromatic carbocycles. The number of rotatable bonds is 1. The molecule has 0 spiro atoms. The molecule has 0 saturated carbocycles. The van der Waals surface area contributed by atoms with Crippen LogP contribution in [0.1, 0.15) is 44.5 Å². The fourth-order valence-electron chi connectivity index (χ4n) is 1.95. The molecule has 1 aromatic rings. The van der Waals surface area contributed by atoms with E-state index < -0.39 is 0 Å². The first-order valence-corrected chi connectivity index (χ1v) is 8.73. The summed E-state index contributed by atoms with van der Waals surface area (Å²) in [5.41, 5.74) is 1.27. The monoisotopic (exact) mass is 300 g/mol. The maximum absolute atomic E-state index is 5.32. The fourth-order valence-corrected chi connectivity index (χ4v) is 4.88. The number of hydrogen-bond acceptors (Lipinski definition) is 4. The molecule has 1 N–H and O–H groups in total. The summed E-state index contributed by atoms with van der Waals surface area (Å²) in [7, 11) is 0. The second kappa shape index (κ2) is 5.55. The minimum Gasteiger partial charge on any atom is -0.346 e. The standard InChI is InChI=1S/C13H20N2S3/c1-8-11(18-6-5-17-8)12-14-9(13(2,3)4)7-10(16)15-12/h7-8,11H,5-6H2,1-4H3,(H,14,15,16). The van der Waals surface area contributed by atoms with Crippen LogP contribution in [0.15, 0.2) is 6.07 Å². The van der Waals surface area contributed by atoms with E-state index in [1.165, 1.54) is 17.2 Å². The molecule has 1 fully saturated rings. The molecule has 2 nitrogen and oxygen atoms in total. The molecule has 2 unspecified atom stereocenters. The number of aromatic nitrogens is 2. The zero-order valence-electron chi connectivity index (χ0n) is 11.3. The second-order valence-electron chi connectivity index (χ2n) is 5.64. The topological polar surface area (TPSA) is 28.7 Å². The van der Waals surface area contributed by atoms with E-state index in [1.54, 1.807) is 0 Å². The first-order chi connectivity index (χ1) is 8.38. The average Bonchev–Trinajstić information content (AvgIpc) is 2.27. The van der Waals surface area contributed by atoms with E-state index in [4.69, 9.17) is 12.2 Å². The Hall–Kier alpha value is -0.0000000000000000555. The first kappa shape index (κ1) is 14.4. The predicted octanol–water partition coefficient (Wildman–Crippen LogP) is 4.35. The van der Waals surface area contributed by atoms with E-state index in [-0.39, 0.29) is 5.41 Å². The molecule has 1 aliphatic rings. The van der Waals surface area contributed by atoms with Crippen molar-refractivity contribution in [2.75, 3.05) is 11.5 Å². The highest BCUT2D eigenvalue weighted by molar-refractivity contribution is 8.06. The fraction of sp³-hybridized carbons (Fsp3) is 0.692. The molecule has 0 bridgehead atoms. The van der Waals surface area contributed by atoms with E-state index in [2.05, 4.69) is 37.7 Å². The highest BCUT2D eigenvalue weighted by Gasteiger charge is 2.27. The largest absolute Gasteiger partial charge is 0.346 e. The van der Waals surface area contributed by atoms with Gasteiger partial charge >= 0.3 is 0 Å². The molecular weight excluding hydrogens is 280 g/mol. The van der Waals surface area contributed by atoms with Gasteiger partial charge in [-0.3, -0.25) is 0 Å². The quantitative estimate of drug-likeness (QED) is 0.781. The number of nitrogens with one attached hydrogen (secondary N) is 1. The van der Waals surface area contributed by atoms with Crippen LogP contribution in [0.5, 0.6) is 0 Å². The van der Waals surface area contributed by atoms with Crippen molar-refractivity contribution in [2.45, 2.75) is 43.6 Å². The summed E-state index contributed by atoms with van der Waals surface area (Å²) < 4.78 is 0.706. The summed E-state index contributed by atoms with van der Waals surface area (Å²) in [6, 6.07) is 1.99. The molecule has 2 heterocycles. The molecule has 5 heteroatoms. The van der Waals surface area contributed by atoms with Gasteiger partial charge in [0.25, 0.3) is 0 Å². The van der Waals surface area contributed by atoms with Gasteiger partial charge in [0.15, 0.2) is 0 Å². The van der Waals surface area contributed by atoms with Gasteiger partial charge in [-0.1, -0.05) is 39.9 Å². The van der Waals surface area contributed by atoms with Crippen LogP contribution >= 0.6 is 35.7 Å². The van der Waals surface area contributed by atoms with Crippen LogP contribution in [0.2, 0.25) is 0 Å². The van der Waals surface area contributed by atoms with Crippen molar-refractivity contribution >= 4 is 35.7 Å². The van der Waals surface area contributed by atoms with Crippen molar-refractivity contribution in [2.24, 2.45) is 0 Å². The maximum atomic E-state index is 5.32. The smallest absolute Gasteiger partial charge is 0.130 e. The Morgan fingerprint density at radius 2 is 2.00 bits per heavy atom. The van der Waals surface area contributed by atoms with Gasteiger partial charge in [-0.05, 0) is 6.07 Å². The first-order valence-electron chi connectivity index (χ1n) is 6.23. The highest BCUT2D eigenvalue weighted by Crippen LogP contribution is 2.41. The van der Waals surface area contributed by atoms with Gasteiger partial charge in [-0.15, -0.1) is 11.8 Å². The summed E-state index contributed by atoms with van der Waals surface area (Å²) in [6.45, 7) is 8.88. The van der Waals surface area contributed by atoms with Gasteiger partial charge in [0.1, 0.15) is 10.5 Å². The minimum atomic E-state index is 0.0843. The molecule has 1 aromatic heterocycles. The summed E-state index contributed by atoms with van der Waals surface area (Å²) in [5.74, 6) is 3.49. The second-order valence-corrected chi connectivity index (χ2v) is 8.79.